The van der Waals surface area contributed by atoms with Gasteiger partial charge in [-0.1, -0.05) is 40.2 Å². The van der Waals surface area contributed by atoms with Gasteiger partial charge in [-0.2, -0.15) is 0 Å². The third-order valence-electron chi connectivity index (χ3n) is 7.12. The summed E-state index contributed by atoms with van der Waals surface area (Å²) < 4.78 is 6.10. The highest BCUT2D eigenvalue weighted by atomic mass is 16.6. The van der Waals surface area contributed by atoms with Gasteiger partial charge in [-0.25, -0.2) is 0 Å². The molecule has 0 aromatic carbocycles. The Kier molecular flexibility index (Phi) is 4.29. The van der Waals surface area contributed by atoms with E-state index in [9.17, 15) is 9.59 Å². The van der Waals surface area contributed by atoms with Crippen LogP contribution in [0, 0.1) is 28.6 Å². The Bertz CT molecular complexity index is 521. The van der Waals surface area contributed by atoms with Crippen molar-refractivity contribution < 1.29 is 14.3 Å². The number of fused-ring (bicyclic) bond motifs is 3. The van der Waals surface area contributed by atoms with E-state index in [2.05, 4.69) is 27.7 Å². The number of hydrogen-bond acceptors (Lipinski definition) is 3. The van der Waals surface area contributed by atoms with Gasteiger partial charge >= 0.3 is 0 Å². The second-order valence-electron chi connectivity index (χ2n) is 8.87. The molecule has 0 aromatic rings. The van der Waals surface area contributed by atoms with Crippen molar-refractivity contribution in [3.63, 3.8) is 0 Å². The van der Waals surface area contributed by atoms with Crippen molar-refractivity contribution in [3.05, 3.63) is 11.6 Å². The number of ether oxygens (including phenoxy) is 1. The van der Waals surface area contributed by atoms with Crippen LogP contribution < -0.4 is 0 Å². The standard InChI is InChI=1S/C20H30O3/c1-13-5-8-17-19(2,3)11-16-18(23-16)20(17,4)15(13)7-6-14(12-22)9-10-21/h6,10,12-13,15-18H,5,7-9,11H2,1-4H3/t13-,15-,16?,17-,18?,20+/m0/s1. The Morgan fingerprint density at radius 2 is 1.96 bits per heavy atom. The molecule has 3 fully saturated rings. The van der Waals surface area contributed by atoms with Crippen LogP contribution in [0.3, 0.4) is 0 Å². The lowest BCUT2D eigenvalue weighted by molar-refractivity contribution is -0.109. The summed E-state index contributed by atoms with van der Waals surface area (Å²) in [6.45, 7) is 9.58. The molecule has 23 heavy (non-hydrogen) atoms. The SMILES string of the molecule is C[C@H]1CC[C@H]2C(C)(C)CC3OC3[C@]2(C)[C@H]1CC=C(C=O)CC=O. The van der Waals surface area contributed by atoms with Crippen LogP contribution >= 0.6 is 0 Å². The van der Waals surface area contributed by atoms with Crippen LogP contribution in [0.5, 0.6) is 0 Å². The van der Waals surface area contributed by atoms with Crippen molar-refractivity contribution >= 4 is 12.6 Å². The zero-order chi connectivity index (χ0) is 16.8. The zero-order valence-corrected chi connectivity index (χ0v) is 14.9. The number of rotatable bonds is 5. The number of hydrogen-bond donors (Lipinski definition) is 0. The van der Waals surface area contributed by atoms with E-state index in [1.54, 1.807) is 0 Å². The number of carbonyl (C=O) groups is 2. The van der Waals surface area contributed by atoms with E-state index in [1.807, 2.05) is 6.08 Å². The molecule has 128 valence electrons. The topological polar surface area (TPSA) is 46.7 Å². The molecule has 2 saturated carbocycles. The highest BCUT2D eigenvalue weighted by molar-refractivity contribution is 5.78. The van der Waals surface area contributed by atoms with E-state index in [0.717, 1.165) is 19.0 Å². The molecule has 2 aliphatic carbocycles. The summed E-state index contributed by atoms with van der Waals surface area (Å²) in [5, 5.41) is 0. The maximum absolute atomic E-state index is 11.1. The van der Waals surface area contributed by atoms with Crippen molar-refractivity contribution in [3.8, 4) is 0 Å². The molecule has 0 radical (unpaired) electrons. The molecule has 1 aliphatic heterocycles. The molecule has 3 heteroatoms. The maximum Gasteiger partial charge on any atom is 0.146 e. The van der Waals surface area contributed by atoms with Gasteiger partial charge in [0.25, 0.3) is 0 Å². The normalized spacial score (nSPS) is 44.9. The van der Waals surface area contributed by atoms with E-state index in [0.29, 0.717) is 40.9 Å². The van der Waals surface area contributed by atoms with Crippen LogP contribution in [-0.4, -0.2) is 24.8 Å². The lowest BCUT2D eigenvalue weighted by Crippen LogP contribution is -2.55. The predicted octanol–water partition coefficient (Wildman–Crippen LogP) is 3.96. The van der Waals surface area contributed by atoms with Gasteiger partial charge in [-0.15, -0.1) is 0 Å². The van der Waals surface area contributed by atoms with Gasteiger partial charge in [0.15, 0.2) is 0 Å². The average molecular weight is 318 g/mol. The van der Waals surface area contributed by atoms with Gasteiger partial charge in [-0.05, 0) is 48.0 Å². The van der Waals surface area contributed by atoms with Crippen molar-refractivity contribution in [2.75, 3.05) is 0 Å². The zero-order valence-electron chi connectivity index (χ0n) is 14.9. The van der Waals surface area contributed by atoms with Gasteiger partial charge < -0.3 is 9.53 Å². The molecular formula is C20H30O3. The second kappa shape index (κ2) is 5.84. The van der Waals surface area contributed by atoms with Crippen LogP contribution in [0.4, 0.5) is 0 Å². The molecule has 3 nitrogen and oxygen atoms in total. The molecule has 1 saturated heterocycles. The maximum atomic E-state index is 11.1. The summed E-state index contributed by atoms with van der Waals surface area (Å²) in [4.78, 5) is 21.8. The van der Waals surface area contributed by atoms with Crippen LogP contribution in [0.2, 0.25) is 0 Å². The Labute approximate surface area is 139 Å². The number of carbonyl (C=O) groups excluding carboxylic acids is 2. The monoisotopic (exact) mass is 318 g/mol. The summed E-state index contributed by atoms with van der Waals surface area (Å²) in [5.41, 5.74) is 1.14. The molecular weight excluding hydrogens is 288 g/mol. The third-order valence-corrected chi connectivity index (χ3v) is 7.12. The van der Waals surface area contributed by atoms with E-state index < -0.39 is 0 Å². The molecule has 0 aromatic heterocycles. The Balaban J connectivity index is 1.88. The molecule has 0 bridgehead atoms. The van der Waals surface area contributed by atoms with Crippen molar-refractivity contribution in [1.82, 2.24) is 0 Å². The minimum atomic E-state index is 0.190. The fraction of sp³-hybridized carbons (Fsp3) is 0.800. The average Bonchev–Trinajstić information content (AvgIpc) is 3.24. The number of aldehydes is 2. The molecule has 2 unspecified atom stereocenters. The minimum absolute atomic E-state index is 0.190. The van der Waals surface area contributed by atoms with Crippen LogP contribution in [0.25, 0.3) is 0 Å². The van der Waals surface area contributed by atoms with Gasteiger partial charge in [0.1, 0.15) is 12.6 Å². The largest absolute Gasteiger partial charge is 0.369 e. The Morgan fingerprint density at radius 1 is 1.22 bits per heavy atom. The minimum Gasteiger partial charge on any atom is -0.369 e. The smallest absolute Gasteiger partial charge is 0.146 e. The molecule has 0 spiro atoms. The van der Waals surface area contributed by atoms with Gasteiger partial charge in [-0.3, -0.25) is 4.79 Å². The van der Waals surface area contributed by atoms with Gasteiger partial charge in [0, 0.05) is 11.8 Å². The van der Waals surface area contributed by atoms with Crippen LogP contribution in [-0.2, 0) is 14.3 Å². The first-order valence-corrected chi connectivity index (χ1v) is 9.08. The highest BCUT2D eigenvalue weighted by Gasteiger charge is 2.67. The fourth-order valence-corrected chi connectivity index (χ4v) is 6.00. The summed E-state index contributed by atoms with van der Waals surface area (Å²) in [6, 6.07) is 0. The molecule has 0 amide bonds. The van der Waals surface area contributed by atoms with Crippen molar-refractivity contribution in [2.45, 2.75) is 72.0 Å². The van der Waals surface area contributed by atoms with Crippen molar-refractivity contribution in [2.24, 2.45) is 28.6 Å². The molecule has 1 heterocycles. The third kappa shape index (κ3) is 2.71. The first-order chi connectivity index (χ1) is 10.8. The number of allylic oxidation sites excluding steroid dienone is 2. The molecule has 3 rings (SSSR count). The van der Waals surface area contributed by atoms with Crippen LogP contribution in [0.15, 0.2) is 11.6 Å². The van der Waals surface area contributed by atoms with E-state index in [1.165, 1.54) is 19.3 Å². The first-order valence-electron chi connectivity index (χ1n) is 9.08. The van der Waals surface area contributed by atoms with Crippen LogP contribution in [0.1, 0.15) is 59.8 Å². The lowest BCUT2D eigenvalue weighted by Gasteiger charge is -2.57. The molecule has 3 aliphatic rings. The summed E-state index contributed by atoms with van der Waals surface area (Å²) in [7, 11) is 0. The molecule has 0 N–H and O–H groups in total. The van der Waals surface area contributed by atoms with E-state index in [-0.39, 0.29) is 11.8 Å². The second-order valence-corrected chi connectivity index (χ2v) is 8.87. The Morgan fingerprint density at radius 3 is 2.61 bits per heavy atom. The predicted molar refractivity (Wildman–Crippen MR) is 90.0 cm³/mol. The quantitative estimate of drug-likeness (QED) is 0.438. The van der Waals surface area contributed by atoms with Crippen molar-refractivity contribution in [1.29, 1.82) is 0 Å². The Hall–Kier alpha value is -0.960. The number of epoxide rings is 1. The fourth-order valence-electron chi connectivity index (χ4n) is 6.00. The summed E-state index contributed by atoms with van der Waals surface area (Å²) in [5.74, 6) is 1.84. The van der Waals surface area contributed by atoms with Gasteiger partial charge in [0.05, 0.1) is 12.2 Å². The van der Waals surface area contributed by atoms with E-state index in [4.69, 9.17) is 4.74 Å². The summed E-state index contributed by atoms with van der Waals surface area (Å²) >= 11 is 0. The van der Waals surface area contributed by atoms with Gasteiger partial charge in [0.2, 0.25) is 0 Å². The highest BCUT2D eigenvalue weighted by Crippen LogP contribution is 2.67. The lowest BCUT2D eigenvalue weighted by atomic mass is 9.46. The van der Waals surface area contributed by atoms with E-state index >= 15 is 0 Å². The molecule has 6 atom stereocenters. The summed E-state index contributed by atoms with van der Waals surface area (Å²) in [6.07, 6.45) is 9.33. The first kappa shape index (κ1) is 16.9.